The molecule has 1 saturated heterocycles. The van der Waals surface area contributed by atoms with E-state index in [2.05, 4.69) is 42.5 Å². The highest BCUT2D eigenvalue weighted by molar-refractivity contribution is 7.91. The summed E-state index contributed by atoms with van der Waals surface area (Å²) in [7, 11) is -2.89. The molecule has 132 valence electrons. The number of rotatable bonds is 5. The Kier molecular flexibility index (Phi) is 5.16. The standard InChI is InChI=1S/C17H24N2O2S3/c1-17(2,3)16-18-13(11-23-16)9-19(10-15-5-4-7-22-15)14-6-8-24(20,21)12-14/h4-5,7,11,14H,6,8-10,12H2,1-3H3/t14-/m1/s1. The van der Waals surface area contributed by atoms with Gasteiger partial charge >= 0.3 is 0 Å². The molecule has 1 aliphatic heterocycles. The summed E-state index contributed by atoms with van der Waals surface area (Å²) in [5.41, 5.74) is 1.10. The zero-order chi connectivity index (χ0) is 17.4. The number of nitrogens with zero attached hydrogens (tertiary/aromatic N) is 2. The molecule has 0 saturated carbocycles. The average Bonchev–Trinajstić information content (AvgIpc) is 3.17. The summed E-state index contributed by atoms with van der Waals surface area (Å²) in [5.74, 6) is 0.581. The van der Waals surface area contributed by atoms with Crippen molar-refractivity contribution >= 4 is 32.5 Å². The number of thiazole rings is 1. The van der Waals surface area contributed by atoms with E-state index in [0.717, 1.165) is 23.7 Å². The van der Waals surface area contributed by atoms with Gasteiger partial charge in [0.15, 0.2) is 9.84 Å². The van der Waals surface area contributed by atoms with Crippen LogP contribution in [-0.2, 0) is 28.3 Å². The third-order valence-corrected chi connectivity index (χ3v) is 8.15. The Labute approximate surface area is 152 Å². The Hall–Kier alpha value is -0.760. The van der Waals surface area contributed by atoms with Gasteiger partial charge in [-0.2, -0.15) is 0 Å². The van der Waals surface area contributed by atoms with Crippen LogP contribution in [0, 0.1) is 0 Å². The molecular formula is C17H24N2O2S3. The molecule has 7 heteroatoms. The molecule has 0 spiro atoms. The fourth-order valence-electron chi connectivity index (χ4n) is 2.91. The highest BCUT2D eigenvalue weighted by Gasteiger charge is 2.33. The Bertz CT molecular complexity index is 773. The van der Waals surface area contributed by atoms with E-state index in [-0.39, 0.29) is 17.2 Å². The van der Waals surface area contributed by atoms with Gasteiger partial charge in [0, 0.05) is 34.8 Å². The van der Waals surface area contributed by atoms with Crippen LogP contribution in [0.1, 0.15) is 42.8 Å². The maximum Gasteiger partial charge on any atom is 0.151 e. The molecule has 0 amide bonds. The van der Waals surface area contributed by atoms with Gasteiger partial charge in [0.1, 0.15) is 0 Å². The van der Waals surface area contributed by atoms with Crippen molar-refractivity contribution < 1.29 is 8.42 Å². The van der Waals surface area contributed by atoms with Crippen LogP contribution in [0.4, 0.5) is 0 Å². The van der Waals surface area contributed by atoms with Crippen molar-refractivity contribution in [3.8, 4) is 0 Å². The van der Waals surface area contributed by atoms with Gasteiger partial charge in [-0.15, -0.1) is 22.7 Å². The number of thiophene rings is 1. The maximum atomic E-state index is 11.9. The molecular weight excluding hydrogens is 360 g/mol. The third-order valence-electron chi connectivity index (χ3n) is 4.22. The molecule has 0 bridgehead atoms. The van der Waals surface area contributed by atoms with Crippen LogP contribution < -0.4 is 0 Å². The van der Waals surface area contributed by atoms with Crippen LogP contribution in [0.2, 0.25) is 0 Å². The summed E-state index contributed by atoms with van der Waals surface area (Å²) in [6, 6.07) is 4.25. The van der Waals surface area contributed by atoms with E-state index in [9.17, 15) is 8.42 Å². The van der Waals surface area contributed by atoms with E-state index >= 15 is 0 Å². The second kappa shape index (κ2) is 6.86. The van der Waals surface area contributed by atoms with E-state index in [4.69, 9.17) is 4.98 Å². The fraction of sp³-hybridized carbons (Fsp3) is 0.588. The fourth-order valence-corrected chi connectivity index (χ4v) is 6.30. The van der Waals surface area contributed by atoms with Crippen molar-refractivity contribution in [3.63, 3.8) is 0 Å². The van der Waals surface area contributed by atoms with Gasteiger partial charge in [-0.3, -0.25) is 4.90 Å². The van der Waals surface area contributed by atoms with E-state index < -0.39 is 9.84 Å². The number of sulfone groups is 1. The van der Waals surface area contributed by atoms with Crippen LogP contribution in [0.3, 0.4) is 0 Å². The Balaban J connectivity index is 1.78. The van der Waals surface area contributed by atoms with Crippen molar-refractivity contribution in [2.45, 2.75) is 51.7 Å². The lowest BCUT2D eigenvalue weighted by Crippen LogP contribution is -2.35. The van der Waals surface area contributed by atoms with E-state index in [1.807, 2.05) is 6.07 Å². The quantitative estimate of drug-likeness (QED) is 0.789. The molecule has 4 nitrogen and oxygen atoms in total. The minimum atomic E-state index is -2.89. The van der Waals surface area contributed by atoms with Crippen molar-refractivity contribution in [1.29, 1.82) is 0 Å². The van der Waals surface area contributed by atoms with Crippen LogP contribution >= 0.6 is 22.7 Å². The first-order valence-electron chi connectivity index (χ1n) is 8.15. The summed E-state index contributed by atoms with van der Waals surface area (Å²) in [6.07, 6.45) is 0.726. The van der Waals surface area contributed by atoms with Crippen molar-refractivity contribution in [2.75, 3.05) is 11.5 Å². The van der Waals surface area contributed by atoms with Gasteiger partial charge in [0.25, 0.3) is 0 Å². The summed E-state index contributed by atoms with van der Waals surface area (Å²) >= 11 is 3.42. The molecule has 3 rings (SSSR count). The summed E-state index contributed by atoms with van der Waals surface area (Å²) in [6.45, 7) is 8.01. The van der Waals surface area contributed by atoms with Crippen LogP contribution in [0.15, 0.2) is 22.9 Å². The molecule has 0 unspecified atom stereocenters. The smallest absolute Gasteiger partial charge is 0.151 e. The molecule has 3 heterocycles. The molecule has 24 heavy (non-hydrogen) atoms. The molecule has 0 N–H and O–H groups in total. The SMILES string of the molecule is CC(C)(C)c1nc(CN(Cc2cccs2)[C@@H]2CCS(=O)(=O)C2)cs1. The molecule has 0 aromatic carbocycles. The van der Waals surface area contributed by atoms with E-state index in [0.29, 0.717) is 12.3 Å². The molecule has 1 aliphatic rings. The molecule has 0 radical (unpaired) electrons. The van der Waals surface area contributed by atoms with Crippen molar-refractivity contribution in [3.05, 3.63) is 38.5 Å². The second-order valence-electron chi connectivity index (χ2n) is 7.44. The normalized spacial score (nSPS) is 20.8. The lowest BCUT2D eigenvalue weighted by Gasteiger charge is -2.26. The maximum absolute atomic E-state index is 11.9. The number of hydrogen-bond donors (Lipinski definition) is 0. The van der Waals surface area contributed by atoms with E-state index in [1.165, 1.54) is 4.88 Å². The molecule has 0 aliphatic carbocycles. The highest BCUT2D eigenvalue weighted by atomic mass is 32.2. The Morgan fingerprint density at radius 2 is 2.08 bits per heavy atom. The largest absolute Gasteiger partial charge is 0.288 e. The molecule has 1 atom stereocenters. The zero-order valence-electron chi connectivity index (χ0n) is 14.4. The summed E-state index contributed by atoms with van der Waals surface area (Å²) in [5, 5.41) is 5.32. The monoisotopic (exact) mass is 384 g/mol. The van der Waals surface area contributed by atoms with Gasteiger partial charge in [0.05, 0.1) is 22.2 Å². The number of aromatic nitrogens is 1. The second-order valence-corrected chi connectivity index (χ2v) is 11.6. The van der Waals surface area contributed by atoms with Gasteiger partial charge in [-0.05, 0) is 17.9 Å². The molecule has 2 aromatic heterocycles. The Morgan fingerprint density at radius 1 is 1.29 bits per heavy atom. The predicted octanol–water partition coefficient (Wildman–Crippen LogP) is 3.69. The minimum Gasteiger partial charge on any atom is -0.288 e. The zero-order valence-corrected chi connectivity index (χ0v) is 16.8. The van der Waals surface area contributed by atoms with Crippen LogP contribution in [0.5, 0.6) is 0 Å². The van der Waals surface area contributed by atoms with E-state index in [1.54, 1.807) is 22.7 Å². The first-order valence-corrected chi connectivity index (χ1v) is 11.7. The number of hydrogen-bond acceptors (Lipinski definition) is 6. The topological polar surface area (TPSA) is 50.3 Å². The van der Waals surface area contributed by atoms with Crippen molar-refractivity contribution in [2.24, 2.45) is 0 Å². The molecule has 2 aromatic rings. The average molecular weight is 385 g/mol. The highest BCUT2D eigenvalue weighted by Crippen LogP contribution is 2.28. The summed E-state index contributed by atoms with van der Waals surface area (Å²) in [4.78, 5) is 8.35. The first-order chi connectivity index (χ1) is 11.2. The molecule has 1 fully saturated rings. The Morgan fingerprint density at radius 3 is 2.62 bits per heavy atom. The van der Waals surface area contributed by atoms with Gasteiger partial charge in [-0.25, -0.2) is 13.4 Å². The third kappa shape index (κ3) is 4.45. The van der Waals surface area contributed by atoms with Crippen molar-refractivity contribution in [1.82, 2.24) is 9.88 Å². The first kappa shape index (κ1) is 18.0. The summed E-state index contributed by atoms with van der Waals surface area (Å²) < 4.78 is 23.8. The van der Waals surface area contributed by atoms with Gasteiger partial charge in [-0.1, -0.05) is 26.8 Å². The van der Waals surface area contributed by atoms with Gasteiger partial charge in [0.2, 0.25) is 0 Å². The van der Waals surface area contributed by atoms with Gasteiger partial charge < -0.3 is 0 Å². The minimum absolute atomic E-state index is 0.0538. The van der Waals surface area contributed by atoms with Crippen LogP contribution in [-0.4, -0.2) is 35.8 Å². The van der Waals surface area contributed by atoms with Crippen LogP contribution in [0.25, 0.3) is 0 Å². The lowest BCUT2D eigenvalue weighted by molar-refractivity contribution is 0.194. The lowest BCUT2D eigenvalue weighted by atomic mass is 9.98. The predicted molar refractivity (Wildman–Crippen MR) is 101 cm³/mol.